The molecule has 0 bridgehead atoms. The van der Waals surface area contributed by atoms with Gasteiger partial charge in [0.25, 0.3) is 0 Å². The fourth-order valence-corrected chi connectivity index (χ4v) is 2.52. The van der Waals surface area contributed by atoms with Crippen LogP contribution in [0.15, 0.2) is 0 Å². The lowest BCUT2D eigenvalue weighted by Crippen LogP contribution is -2.28. The van der Waals surface area contributed by atoms with E-state index in [1.165, 1.54) is 17.7 Å². The molecule has 0 aromatic carbocycles. The fraction of sp³-hybridized carbons (Fsp3) is 0.750. The Balaban J connectivity index is 1.94. The molecule has 2 unspecified atom stereocenters. The standard InChI is InChI=1S/C12H22N4/c1-8-12(9(2)16(3)15-8)7-14-11-5-4-10(13)6-11/h10-11,14H,4-7,13H2,1-3H3. The van der Waals surface area contributed by atoms with Crippen LogP contribution in [0, 0.1) is 13.8 Å². The smallest absolute Gasteiger partial charge is 0.0641 e. The van der Waals surface area contributed by atoms with E-state index in [4.69, 9.17) is 5.73 Å². The molecule has 0 aliphatic heterocycles. The van der Waals surface area contributed by atoms with E-state index in [9.17, 15) is 0 Å². The van der Waals surface area contributed by atoms with E-state index in [2.05, 4.69) is 24.3 Å². The van der Waals surface area contributed by atoms with Crippen molar-refractivity contribution < 1.29 is 0 Å². The molecule has 4 heteroatoms. The molecule has 0 spiro atoms. The number of nitrogens with two attached hydrogens (primary N) is 1. The number of nitrogens with zero attached hydrogens (tertiary/aromatic N) is 2. The van der Waals surface area contributed by atoms with E-state index in [1.54, 1.807) is 0 Å². The summed E-state index contributed by atoms with van der Waals surface area (Å²) in [4.78, 5) is 0. The molecule has 4 nitrogen and oxygen atoms in total. The molecule has 1 aromatic rings. The van der Waals surface area contributed by atoms with Crippen molar-refractivity contribution in [2.45, 2.75) is 51.7 Å². The zero-order valence-electron chi connectivity index (χ0n) is 10.5. The van der Waals surface area contributed by atoms with Crippen molar-refractivity contribution >= 4 is 0 Å². The first-order valence-electron chi connectivity index (χ1n) is 6.06. The monoisotopic (exact) mass is 222 g/mol. The normalized spacial score (nSPS) is 25.2. The maximum atomic E-state index is 5.90. The molecule has 0 radical (unpaired) electrons. The number of nitrogens with one attached hydrogen (secondary N) is 1. The van der Waals surface area contributed by atoms with Gasteiger partial charge in [0.2, 0.25) is 0 Å². The van der Waals surface area contributed by atoms with Gasteiger partial charge in [0.05, 0.1) is 5.69 Å². The highest BCUT2D eigenvalue weighted by atomic mass is 15.3. The first-order chi connectivity index (χ1) is 7.58. The van der Waals surface area contributed by atoms with Gasteiger partial charge in [0, 0.05) is 36.9 Å². The highest BCUT2D eigenvalue weighted by Crippen LogP contribution is 2.18. The third-order valence-corrected chi connectivity index (χ3v) is 3.70. The van der Waals surface area contributed by atoms with Gasteiger partial charge in [-0.3, -0.25) is 4.68 Å². The molecule has 90 valence electrons. The Hall–Kier alpha value is -0.870. The first-order valence-corrected chi connectivity index (χ1v) is 6.06. The number of aromatic nitrogens is 2. The third kappa shape index (κ3) is 2.28. The van der Waals surface area contributed by atoms with Crippen LogP contribution >= 0.6 is 0 Å². The molecule has 1 aliphatic rings. The van der Waals surface area contributed by atoms with E-state index in [0.29, 0.717) is 12.1 Å². The molecular formula is C12H22N4. The fourth-order valence-electron chi connectivity index (χ4n) is 2.52. The second kappa shape index (κ2) is 4.55. The summed E-state index contributed by atoms with van der Waals surface area (Å²) in [6.07, 6.45) is 3.47. The van der Waals surface area contributed by atoms with Crippen LogP contribution in [0.25, 0.3) is 0 Å². The van der Waals surface area contributed by atoms with E-state index < -0.39 is 0 Å². The summed E-state index contributed by atoms with van der Waals surface area (Å²) >= 11 is 0. The van der Waals surface area contributed by atoms with Gasteiger partial charge in [-0.05, 0) is 33.1 Å². The van der Waals surface area contributed by atoms with Crippen molar-refractivity contribution in [2.75, 3.05) is 0 Å². The molecule has 1 heterocycles. The Morgan fingerprint density at radius 3 is 2.69 bits per heavy atom. The van der Waals surface area contributed by atoms with E-state index >= 15 is 0 Å². The second-order valence-corrected chi connectivity index (χ2v) is 4.92. The van der Waals surface area contributed by atoms with Gasteiger partial charge in [-0.1, -0.05) is 0 Å². The Morgan fingerprint density at radius 1 is 1.44 bits per heavy atom. The largest absolute Gasteiger partial charge is 0.328 e. The summed E-state index contributed by atoms with van der Waals surface area (Å²) in [5, 5.41) is 8.01. The maximum Gasteiger partial charge on any atom is 0.0641 e. The maximum absolute atomic E-state index is 5.90. The van der Waals surface area contributed by atoms with Gasteiger partial charge in [-0.2, -0.15) is 5.10 Å². The van der Waals surface area contributed by atoms with Crippen LogP contribution in [0.2, 0.25) is 0 Å². The summed E-state index contributed by atoms with van der Waals surface area (Å²) in [5.74, 6) is 0. The molecule has 1 saturated carbocycles. The minimum Gasteiger partial charge on any atom is -0.328 e. The number of rotatable bonds is 3. The average molecular weight is 222 g/mol. The van der Waals surface area contributed by atoms with Gasteiger partial charge in [0.15, 0.2) is 0 Å². The van der Waals surface area contributed by atoms with Crippen molar-refractivity contribution in [3.05, 3.63) is 17.0 Å². The van der Waals surface area contributed by atoms with Gasteiger partial charge in [-0.15, -0.1) is 0 Å². The van der Waals surface area contributed by atoms with E-state index in [0.717, 1.165) is 25.1 Å². The van der Waals surface area contributed by atoms with Crippen LogP contribution in [0.5, 0.6) is 0 Å². The molecule has 3 N–H and O–H groups in total. The van der Waals surface area contributed by atoms with Crippen LogP contribution in [0.3, 0.4) is 0 Å². The lowest BCUT2D eigenvalue weighted by atomic mass is 10.1. The van der Waals surface area contributed by atoms with Crippen LogP contribution < -0.4 is 11.1 Å². The van der Waals surface area contributed by atoms with E-state index in [-0.39, 0.29) is 0 Å². The number of hydrogen-bond donors (Lipinski definition) is 2. The van der Waals surface area contributed by atoms with Crippen molar-refractivity contribution in [2.24, 2.45) is 12.8 Å². The first kappa shape index (κ1) is 11.6. The predicted octanol–water partition coefficient (Wildman–Crippen LogP) is 1.01. The lowest BCUT2D eigenvalue weighted by Gasteiger charge is -2.12. The molecule has 1 aliphatic carbocycles. The van der Waals surface area contributed by atoms with Crippen molar-refractivity contribution in [1.29, 1.82) is 0 Å². The van der Waals surface area contributed by atoms with E-state index in [1.807, 2.05) is 11.7 Å². The SMILES string of the molecule is Cc1nn(C)c(C)c1CNC1CCC(N)C1. The quantitative estimate of drug-likeness (QED) is 0.802. The predicted molar refractivity (Wildman–Crippen MR) is 65.1 cm³/mol. The molecule has 1 aromatic heterocycles. The summed E-state index contributed by atoms with van der Waals surface area (Å²) in [6, 6.07) is 0.989. The Labute approximate surface area is 97.2 Å². The Morgan fingerprint density at radius 2 is 2.19 bits per heavy atom. The summed E-state index contributed by atoms with van der Waals surface area (Å²) in [5.41, 5.74) is 9.63. The van der Waals surface area contributed by atoms with Gasteiger partial charge in [0.1, 0.15) is 0 Å². The van der Waals surface area contributed by atoms with Gasteiger partial charge >= 0.3 is 0 Å². The number of aryl methyl sites for hydroxylation is 2. The van der Waals surface area contributed by atoms with Crippen LogP contribution in [-0.4, -0.2) is 21.9 Å². The average Bonchev–Trinajstić information content (AvgIpc) is 2.72. The Bertz CT molecular complexity index is 369. The minimum absolute atomic E-state index is 0.397. The summed E-state index contributed by atoms with van der Waals surface area (Å²) in [7, 11) is 2.00. The van der Waals surface area contributed by atoms with Crippen LogP contribution in [0.4, 0.5) is 0 Å². The number of hydrogen-bond acceptors (Lipinski definition) is 3. The zero-order chi connectivity index (χ0) is 11.7. The second-order valence-electron chi connectivity index (χ2n) is 4.92. The molecule has 2 atom stereocenters. The Kier molecular flexibility index (Phi) is 3.30. The molecule has 2 rings (SSSR count). The van der Waals surface area contributed by atoms with Crippen molar-refractivity contribution in [1.82, 2.24) is 15.1 Å². The molecule has 0 saturated heterocycles. The molecular weight excluding hydrogens is 200 g/mol. The molecule has 16 heavy (non-hydrogen) atoms. The van der Waals surface area contributed by atoms with Gasteiger partial charge < -0.3 is 11.1 Å². The molecule has 0 amide bonds. The third-order valence-electron chi connectivity index (χ3n) is 3.70. The molecule has 1 fully saturated rings. The van der Waals surface area contributed by atoms with Crippen molar-refractivity contribution in [3.8, 4) is 0 Å². The van der Waals surface area contributed by atoms with Crippen molar-refractivity contribution in [3.63, 3.8) is 0 Å². The van der Waals surface area contributed by atoms with Gasteiger partial charge in [-0.25, -0.2) is 0 Å². The minimum atomic E-state index is 0.397. The topological polar surface area (TPSA) is 55.9 Å². The lowest BCUT2D eigenvalue weighted by molar-refractivity contribution is 0.515. The summed E-state index contributed by atoms with van der Waals surface area (Å²) in [6.45, 7) is 5.12. The zero-order valence-corrected chi connectivity index (χ0v) is 10.5. The highest BCUT2D eigenvalue weighted by Gasteiger charge is 2.21. The highest BCUT2D eigenvalue weighted by molar-refractivity contribution is 5.24. The summed E-state index contributed by atoms with van der Waals surface area (Å²) < 4.78 is 1.95. The van der Waals surface area contributed by atoms with Crippen LogP contribution in [-0.2, 0) is 13.6 Å². The van der Waals surface area contributed by atoms with Crippen LogP contribution in [0.1, 0.15) is 36.2 Å².